The molecule has 0 fully saturated rings. The minimum absolute atomic E-state index is 0.103. The smallest absolute Gasteiger partial charge is 0.330 e. The monoisotopic (exact) mass is 468 g/mol. The molecule has 0 bridgehead atoms. The van der Waals surface area contributed by atoms with E-state index < -0.39 is 11.9 Å². The number of esters is 2. The van der Waals surface area contributed by atoms with Crippen molar-refractivity contribution in [3.05, 3.63) is 131 Å². The van der Waals surface area contributed by atoms with E-state index in [4.69, 9.17) is 9.47 Å². The van der Waals surface area contributed by atoms with Gasteiger partial charge in [-0.1, -0.05) is 98.1 Å². The van der Waals surface area contributed by atoms with Crippen LogP contribution >= 0.6 is 0 Å². The predicted molar refractivity (Wildman–Crippen MR) is 137 cm³/mol. The van der Waals surface area contributed by atoms with Gasteiger partial charge in [-0.2, -0.15) is 0 Å². The minimum Gasteiger partial charge on any atom is -0.458 e. The molecule has 4 nitrogen and oxygen atoms in total. The van der Waals surface area contributed by atoms with E-state index in [2.05, 4.69) is 13.2 Å². The second-order valence-corrected chi connectivity index (χ2v) is 7.47. The van der Waals surface area contributed by atoms with Crippen LogP contribution in [0.1, 0.15) is 33.4 Å². The average Bonchev–Trinajstić information content (AvgIpc) is 2.89. The van der Waals surface area contributed by atoms with Crippen LogP contribution < -0.4 is 0 Å². The van der Waals surface area contributed by atoms with Gasteiger partial charge in [0.05, 0.1) is 0 Å². The lowest BCUT2D eigenvalue weighted by molar-refractivity contribution is -0.139. The van der Waals surface area contributed by atoms with E-state index in [1.807, 2.05) is 60.7 Å². The molecule has 0 N–H and O–H groups in total. The van der Waals surface area contributed by atoms with Crippen LogP contribution in [0.3, 0.4) is 0 Å². The third kappa shape index (κ3) is 7.51. The summed E-state index contributed by atoms with van der Waals surface area (Å²) in [6.07, 6.45) is 9.34. The van der Waals surface area contributed by atoms with E-state index in [-0.39, 0.29) is 19.0 Å². The molecular weight excluding hydrogens is 443 g/mol. The first-order valence-corrected chi connectivity index (χ1v) is 10.9. The summed E-state index contributed by atoms with van der Waals surface area (Å²) in [6.45, 7) is 7.00. The summed E-state index contributed by atoms with van der Waals surface area (Å²) in [5.74, 6) is -1.36. The topological polar surface area (TPSA) is 52.6 Å². The van der Waals surface area contributed by atoms with Crippen LogP contribution in [0.2, 0.25) is 0 Å². The molecule has 0 heterocycles. The quantitative estimate of drug-likeness (QED) is 0.191. The molecule has 0 radical (unpaired) electrons. The average molecular weight is 469 g/mol. The summed E-state index contributed by atoms with van der Waals surface area (Å²) >= 11 is 0. The normalized spacial score (nSPS) is 10.9. The van der Waals surface area contributed by atoms with Gasteiger partial charge in [0, 0.05) is 17.7 Å². The summed E-state index contributed by atoms with van der Waals surface area (Å²) < 4.78 is 25.0. The molecule has 0 spiro atoms. The van der Waals surface area contributed by atoms with E-state index in [0.717, 1.165) is 34.4 Å². The molecule has 0 saturated heterocycles. The molecule has 5 heteroatoms. The molecule has 0 aliphatic heterocycles. The number of benzene rings is 3. The number of rotatable bonds is 10. The zero-order valence-corrected chi connectivity index (χ0v) is 19.2. The molecule has 3 rings (SSSR count). The molecule has 0 unspecified atom stereocenters. The molecule has 35 heavy (non-hydrogen) atoms. The van der Waals surface area contributed by atoms with Crippen molar-refractivity contribution in [3.8, 4) is 0 Å². The van der Waals surface area contributed by atoms with Crippen molar-refractivity contribution in [2.24, 2.45) is 0 Å². The van der Waals surface area contributed by atoms with Gasteiger partial charge in [-0.25, -0.2) is 14.0 Å². The second kappa shape index (κ2) is 12.7. The summed E-state index contributed by atoms with van der Waals surface area (Å²) in [5.41, 5.74) is 4.43. The van der Waals surface area contributed by atoms with Gasteiger partial charge >= 0.3 is 11.9 Å². The zero-order chi connectivity index (χ0) is 25.0. The SMILES string of the molecule is C=CC(=O)OCc1ccccc1/C=C/c1ccc(/C=C/c2ccccc2COC(=O)C=C)c(F)c1. The Bertz CT molecular complexity index is 1290. The van der Waals surface area contributed by atoms with Gasteiger partial charge in [0.15, 0.2) is 0 Å². The largest absolute Gasteiger partial charge is 0.458 e. The van der Waals surface area contributed by atoms with E-state index in [9.17, 15) is 14.0 Å². The molecule has 0 aromatic heterocycles. The van der Waals surface area contributed by atoms with Crippen LogP contribution in [0, 0.1) is 5.82 Å². The van der Waals surface area contributed by atoms with Gasteiger partial charge in [0.25, 0.3) is 0 Å². The molecule has 0 saturated carbocycles. The maximum atomic E-state index is 14.8. The molecule has 3 aromatic carbocycles. The second-order valence-electron chi connectivity index (χ2n) is 7.47. The van der Waals surface area contributed by atoms with Crippen LogP contribution in [0.25, 0.3) is 24.3 Å². The Morgan fingerprint density at radius 3 is 1.69 bits per heavy atom. The number of hydrogen-bond acceptors (Lipinski definition) is 4. The van der Waals surface area contributed by atoms with Gasteiger partial charge < -0.3 is 9.47 Å². The number of carbonyl (C=O) groups excluding carboxylic acids is 2. The van der Waals surface area contributed by atoms with Crippen molar-refractivity contribution in [3.63, 3.8) is 0 Å². The molecule has 0 amide bonds. The first kappa shape index (κ1) is 25.1. The highest BCUT2D eigenvalue weighted by molar-refractivity contribution is 5.82. The number of carbonyl (C=O) groups is 2. The van der Waals surface area contributed by atoms with Gasteiger partial charge in [0.1, 0.15) is 19.0 Å². The minimum atomic E-state index is -0.501. The highest BCUT2D eigenvalue weighted by Gasteiger charge is 2.05. The standard InChI is InChI=1S/C30H25FO4/c1-3-29(32)34-20-26-11-7-5-9-23(26)15-13-22-14-16-25(28(31)19-22)18-17-24-10-6-8-12-27(24)21-35-30(33)4-2/h3-19H,1-2,20-21H2/b15-13+,18-17+. The molecular formula is C30H25FO4. The van der Waals surface area contributed by atoms with Crippen LogP contribution in [0.4, 0.5) is 4.39 Å². The lowest BCUT2D eigenvalue weighted by Gasteiger charge is -2.07. The van der Waals surface area contributed by atoms with Gasteiger partial charge in [-0.05, 0) is 33.9 Å². The van der Waals surface area contributed by atoms with Gasteiger partial charge in [-0.15, -0.1) is 0 Å². The Morgan fingerprint density at radius 2 is 1.17 bits per heavy atom. The number of hydrogen-bond donors (Lipinski definition) is 0. The van der Waals surface area contributed by atoms with Crippen molar-refractivity contribution in [2.75, 3.05) is 0 Å². The molecule has 176 valence electrons. The number of ether oxygens (including phenoxy) is 2. The zero-order valence-electron chi connectivity index (χ0n) is 19.2. The molecule has 3 aromatic rings. The van der Waals surface area contributed by atoms with Crippen LogP contribution in [0.5, 0.6) is 0 Å². The van der Waals surface area contributed by atoms with Crippen molar-refractivity contribution >= 4 is 36.2 Å². The van der Waals surface area contributed by atoms with Crippen molar-refractivity contribution in [2.45, 2.75) is 13.2 Å². The van der Waals surface area contributed by atoms with Gasteiger partial charge in [-0.3, -0.25) is 0 Å². The highest BCUT2D eigenvalue weighted by atomic mass is 19.1. The number of halogens is 1. The maximum absolute atomic E-state index is 14.8. The summed E-state index contributed by atoms with van der Waals surface area (Å²) in [6, 6.07) is 19.9. The van der Waals surface area contributed by atoms with E-state index in [1.54, 1.807) is 24.3 Å². The first-order valence-electron chi connectivity index (χ1n) is 10.9. The lowest BCUT2D eigenvalue weighted by Crippen LogP contribution is -2.01. The van der Waals surface area contributed by atoms with Crippen molar-refractivity contribution in [1.29, 1.82) is 0 Å². The fourth-order valence-corrected chi connectivity index (χ4v) is 3.22. The van der Waals surface area contributed by atoms with Gasteiger partial charge in [0.2, 0.25) is 0 Å². The van der Waals surface area contributed by atoms with Crippen LogP contribution in [-0.4, -0.2) is 11.9 Å². The predicted octanol–water partition coefficient (Wildman–Crippen LogP) is 6.62. The van der Waals surface area contributed by atoms with E-state index in [0.29, 0.717) is 11.1 Å². The third-order valence-electron chi connectivity index (χ3n) is 5.11. The Labute approximate surface area is 204 Å². The van der Waals surface area contributed by atoms with E-state index in [1.165, 1.54) is 6.07 Å². The Morgan fingerprint density at radius 1 is 0.686 bits per heavy atom. The molecule has 0 atom stereocenters. The highest BCUT2D eigenvalue weighted by Crippen LogP contribution is 2.19. The summed E-state index contributed by atoms with van der Waals surface area (Å²) in [7, 11) is 0. The first-order chi connectivity index (χ1) is 17.0. The Kier molecular flexibility index (Phi) is 9.08. The molecule has 0 aliphatic carbocycles. The Balaban J connectivity index is 1.73. The fraction of sp³-hybridized carbons (Fsp3) is 0.0667. The van der Waals surface area contributed by atoms with Crippen LogP contribution in [0.15, 0.2) is 92.0 Å². The summed E-state index contributed by atoms with van der Waals surface area (Å²) in [5, 5.41) is 0. The Hall–Kier alpha value is -4.51. The lowest BCUT2D eigenvalue weighted by atomic mass is 10.0. The van der Waals surface area contributed by atoms with Crippen LogP contribution in [-0.2, 0) is 32.3 Å². The van der Waals surface area contributed by atoms with Crippen molar-refractivity contribution < 1.29 is 23.5 Å². The molecule has 0 aliphatic rings. The van der Waals surface area contributed by atoms with E-state index >= 15 is 0 Å². The maximum Gasteiger partial charge on any atom is 0.330 e. The third-order valence-corrected chi connectivity index (χ3v) is 5.11. The van der Waals surface area contributed by atoms with Crippen molar-refractivity contribution in [1.82, 2.24) is 0 Å². The summed E-state index contributed by atoms with van der Waals surface area (Å²) in [4.78, 5) is 22.7. The fourth-order valence-electron chi connectivity index (χ4n) is 3.22.